The molecule has 0 aliphatic carbocycles. The van der Waals surface area contributed by atoms with Gasteiger partial charge in [-0.05, 0) is 55.7 Å². The Kier molecular flexibility index (Phi) is 11.8. The summed E-state index contributed by atoms with van der Waals surface area (Å²) in [5, 5.41) is 2.97. The lowest BCUT2D eigenvalue weighted by Gasteiger charge is -2.34. The van der Waals surface area contributed by atoms with Crippen LogP contribution in [0, 0.1) is 6.92 Å². The third kappa shape index (κ3) is 8.73. The first-order valence-corrected chi connectivity index (χ1v) is 16.6. The minimum atomic E-state index is -4.22. The van der Waals surface area contributed by atoms with Gasteiger partial charge in [0.15, 0.2) is 0 Å². The number of ether oxygens (including phenoxy) is 1. The SMILES string of the molecule is CCCNC(=O)C(Cc1ccccc1)N(Cc1cccc(C)c1)C(=O)CN(c1ccccc1OCC)S(=O)(=O)c1ccccc1. The molecule has 4 aromatic carbocycles. The topological polar surface area (TPSA) is 96.0 Å². The normalized spacial score (nSPS) is 11.8. The summed E-state index contributed by atoms with van der Waals surface area (Å²) in [4.78, 5) is 29.9. The minimum Gasteiger partial charge on any atom is -0.492 e. The molecule has 1 N–H and O–H groups in total. The predicted octanol–water partition coefficient (Wildman–Crippen LogP) is 5.76. The molecule has 0 aliphatic heterocycles. The number of sulfonamides is 1. The molecular formula is C36H41N3O5S. The molecule has 0 aromatic heterocycles. The van der Waals surface area contributed by atoms with Crippen molar-refractivity contribution < 1.29 is 22.7 Å². The number of aryl methyl sites for hydroxylation is 1. The van der Waals surface area contributed by atoms with Crippen molar-refractivity contribution in [3.05, 3.63) is 126 Å². The van der Waals surface area contributed by atoms with Crippen LogP contribution >= 0.6 is 0 Å². The summed E-state index contributed by atoms with van der Waals surface area (Å²) in [6.07, 6.45) is 0.988. The minimum absolute atomic E-state index is 0.0378. The summed E-state index contributed by atoms with van der Waals surface area (Å²) in [6, 6.07) is 31.1. The molecule has 2 amide bonds. The molecule has 8 nitrogen and oxygen atoms in total. The Morgan fingerprint density at radius 3 is 2.13 bits per heavy atom. The highest BCUT2D eigenvalue weighted by molar-refractivity contribution is 7.92. The monoisotopic (exact) mass is 627 g/mol. The van der Waals surface area contributed by atoms with Crippen molar-refractivity contribution in [3.8, 4) is 5.75 Å². The second-order valence-electron chi connectivity index (χ2n) is 10.7. The number of hydrogen-bond acceptors (Lipinski definition) is 5. The van der Waals surface area contributed by atoms with Gasteiger partial charge < -0.3 is 15.0 Å². The summed E-state index contributed by atoms with van der Waals surface area (Å²) in [5.41, 5.74) is 2.96. The number of carbonyl (C=O) groups is 2. The first-order valence-electron chi connectivity index (χ1n) is 15.2. The van der Waals surface area contributed by atoms with E-state index < -0.39 is 28.5 Å². The van der Waals surface area contributed by atoms with Crippen LogP contribution in [-0.2, 0) is 32.6 Å². The van der Waals surface area contributed by atoms with E-state index in [4.69, 9.17) is 4.74 Å². The van der Waals surface area contributed by atoms with E-state index in [9.17, 15) is 18.0 Å². The Morgan fingerprint density at radius 2 is 1.47 bits per heavy atom. The molecule has 0 spiro atoms. The van der Waals surface area contributed by atoms with Gasteiger partial charge in [0.25, 0.3) is 10.0 Å². The van der Waals surface area contributed by atoms with Crippen LogP contribution in [0.4, 0.5) is 5.69 Å². The van der Waals surface area contributed by atoms with Crippen LogP contribution in [0.1, 0.15) is 37.0 Å². The zero-order valence-corrected chi connectivity index (χ0v) is 26.9. The molecule has 0 saturated heterocycles. The number of carbonyl (C=O) groups excluding carboxylic acids is 2. The molecular weight excluding hydrogens is 586 g/mol. The lowest BCUT2D eigenvalue weighted by Crippen LogP contribution is -2.53. The first-order chi connectivity index (χ1) is 21.7. The van der Waals surface area contributed by atoms with Crippen molar-refractivity contribution in [2.45, 2.75) is 51.1 Å². The molecule has 1 atom stereocenters. The number of para-hydroxylation sites is 2. The number of benzene rings is 4. The van der Waals surface area contributed by atoms with Crippen molar-refractivity contribution in [3.63, 3.8) is 0 Å². The highest BCUT2D eigenvalue weighted by atomic mass is 32.2. The number of anilines is 1. The maximum Gasteiger partial charge on any atom is 0.264 e. The number of nitrogens with one attached hydrogen (secondary N) is 1. The van der Waals surface area contributed by atoms with Crippen molar-refractivity contribution in [2.24, 2.45) is 0 Å². The van der Waals surface area contributed by atoms with Gasteiger partial charge in [0.05, 0.1) is 17.2 Å². The highest BCUT2D eigenvalue weighted by Crippen LogP contribution is 2.33. The number of hydrogen-bond donors (Lipinski definition) is 1. The van der Waals surface area contributed by atoms with Gasteiger partial charge in [0.2, 0.25) is 11.8 Å². The zero-order chi connectivity index (χ0) is 32.2. The number of nitrogens with zero attached hydrogens (tertiary/aromatic N) is 2. The third-order valence-electron chi connectivity index (χ3n) is 7.30. The summed E-state index contributed by atoms with van der Waals surface area (Å²) in [7, 11) is -4.22. The number of amides is 2. The number of rotatable bonds is 15. The highest BCUT2D eigenvalue weighted by Gasteiger charge is 2.35. The summed E-state index contributed by atoms with van der Waals surface area (Å²) < 4.78 is 35.3. The van der Waals surface area contributed by atoms with Crippen LogP contribution in [0.5, 0.6) is 5.75 Å². The van der Waals surface area contributed by atoms with Crippen LogP contribution in [0.15, 0.2) is 114 Å². The molecule has 236 valence electrons. The van der Waals surface area contributed by atoms with E-state index in [0.717, 1.165) is 27.4 Å². The van der Waals surface area contributed by atoms with Crippen molar-refractivity contribution in [2.75, 3.05) is 24.0 Å². The van der Waals surface area contributed by atoms with E-state index in [0.29, 0.717) is 18.9 Å². The van der Waals surface area contributed by atoms with Gasteiger partial charge in [-0.15, -0.1) is 0 Å². The van der Waals surface area contributed by atoms with Gasteiger partial charge in [-0.1, -0.05) is 97.4 Å². The van der Waals surface area contributed by atoms with Crippen LogP contribution in [-0.4, -0.2) is 50.9 Å². The van der Waals surface area contributed by atoms with Crippen LogP contribution in [0.2, 0.25) is 0 Å². The first kappa shape index (κ1) is 33.3. The molecule has 1 unspecified atom stereocenters. The van der Waals surface area contributed by atoms with E-state index in [1.165, 1.54) is 17.0 Å². The lowest BCUT2D eigenvalue weighted by molar-refractivity contribution is -0.140. The summed E-state index contributed by atoms with van der Waals surface area (Å²) in [5.74, 6) is -0.483. The van der Waals surface area contributed by atoms with Crippen LogP contribution in [0.25, 0.3) is 0 Å². The Morgan fingerprint density at radius 1 is 0.822 bits per heavy atom. The van der Waals surface area contributed by atoms with Crippen LogP contribution in [0.3, 0.4) is 0 Å². The van der Waals surface area contributed by atoms with Gasteiger partial charge in [0, 0.05) is 19.5 Å². The van der Waals surface area contributed by atoms with Crippen molar-refractivity contribution in [1.82, 2.24) is 10.2 Å². The van der Waals surface area contributed by atoms with Crippen molar-refractivity contribution >= 4 is 27.5 Å². The smallest absolute Gasteiger partial charge is 0.264 e. The molecule has 0 radical (unpaired) electrons. The fourth-order valence-electron chi connectivity index (χ4n) is 5.10. The molecule has 9 heteroatoms. The fraction of sp³-hybridized carbons (Fsp3) is 0.278. The van der Waals surface area contributed by atoms with E-state index in [2.05, 4.69) is 5.32 Å². The second-order valence-corrected chi connectivity index (χ2v) is 12.6. The Balaban J connectivity index is 1.82. The van der Waals surface area contributed by atoms with Gasteiger partial charge in [-0.25, -0.2) is 8.42 Å². The maximum absolute atomic E-state index is 14.6. The molecule has 0 heterocycles. The van der Waals surface area contributed by atoms with E-state index in [1.54, 1.807) is 42.5 Å². The lowest BCUT2D eigenvalue weighted by atomic mass is 10.0. The maximum atomic E-state index is 14.6. The molecule has 4 aromatic rings. The fourth-order valence-corrected chi connectivity index (χ4v) is 6.55. The van der Waals surface area contributed by atoms with Gasteiger partial charge >= 0.3 is 0 Å². The molecule has 0 saturated carbocycles. The Bertz CT molecular complexity index is 1660. The van der Waals surface area contributed by atoms with E-state index in [-0.39, 0.29) is 29.5 Å². The zero-order valence-electron chi connectivity index (χ0n) is 26.1. The summed E-state index contributed by atoms with van der Waals surface area (Å²) in [6.45, 7) is 6.06. The van der Waals surface area contributed by atoms with E-state index >= 15 is 0 Å². The van der Waals surface area contributed by atoms with Gasteiger partial charge in [0.1, 0.15) is 18.3 Å². The third-order valence-corrected chi connectivity index (χ3v) is 9.07. The standard InChI is InChI=1S/C36H41N3O5S/c1-4-23-37-36(41)33(25-29-16-8-6-9-17-29)38(26-30-18-14-15-28(3)24-30)35(40)27-39(32-21-12-13-22-34(32)44-5-2)45(42,43)31-19-10-7-11-20-31/h6-22,24,33H,4-5,23,25-27H2,1-3H3,(H,37,41). The Hall–Kier alpha value is -4.63. The predicted molar refractivity (Wildman–Crippen MR) is 178 cm³/mol. The second kappa shape index (κ2) is 15.9. The largest absolute Gasteiger partial charge is 0.492 e. The molecule has 0 aliphatic rings. The van der Waals surface area contributed by atoms with Crippen LogP contribution < -0.4 is 14.4 Å². The Labute approximate surface area is 266 Å². The average Bonchev–Trinajstić information content (AvgIpc) is 3.05. The molecule has 0 fully saturated rings. The quantitative estimate of drug-likeness (QED) is 0.181. The van der Waals surface area contributed by atoms with Gasteiger partial charge in [-0.2, -0.15) is 0 Å². The molecule has 45 heavy (non-hydrogen) atoms. The molecule has 0 bridgehead atoms. The average molecular weight is 628 g/mol. The summed E-state index contributed by atoms with van der Waals surface area (Å²) >= 11 is 0. The van der Waals surface area contributed by atoms with E-state index in [1.807, 2.05) is 75.4 Å². The van der Waals surface area contributed by atoms with Gasteiger partial charge in [-0.3, -0.25) is 13.9 Å². The van der Waals surface area contributed by atoms with Crippen molar-refractivity contribution in [1.29, 1.82) is 0 Å². The molecule has 4 rings (SSSR count).